The molecular weight excluding hydrogens is 482 g/mol. The summed E-state index contributed by atoms with van der Waals surface area (Å²) < 4.78 is 11.4. The zero-order valence-corrected chi connectivity index (χ0v) is 22.3. The van der Waals surface area contributed by atoms with E-state index in [0.29, 0.717) is 42.7 Å². The summed E-state index contributed by atoms with van der Waals surface area (Å²) in [4.78, 5) is 39.9. The molecule has 198 valence electrons. The van der Waals surface area contributed by atoms with Crippen LogP contribution in [0.15, 0.2) is 62.4 Å². The maximum Gasteiger partial charge on any atom is 0.339 e. The Morgan fingerprint density at radius 2 is 1.71 bits per heavy atom. The molecule has 1 aliphatic rings. The second-order valence-electron chi connectivity index (χ2n) is 11.4. The minimum absolute atomic E-state index is 0.0868. The van der Waals surface area contributed by atoms with Gasteiger partial charge in [0.25, 0.3) is 0 Å². The SMILES string of the molecule is Cc1c(CCC(=O)N2CCC(C(=O)O)(c3ccccc3)CC2)c(=O)oc2cc3occ(C(C)(C)C)c3cc12. The van der Waals surface area contributed by atoms with E-state index in [4.69, 9.17) is 8.83 Å². The van der Waals surface area contributed by atoms with Crippen LogP contribution in [0.25, 0.3) is 21.9 Å². The number of furan rings is 1. The molecule has 4 aromatic rings. The Kier molecular flexibility index (Phi) is 6.41. The van der Waals surface area contributed by atoms with Gasteiger partial charge in [0.15, 0.2) is 0 Å². The molecule has 1 saturated heterocycles. The molecule has 38 heavy (non-hydrogen) atoms. The van der Waals surface area contributed by atoms with Gasteiger partial charge in [-0.05, 0) is 48.8 Å². The number of aliphatic carboxylic acids is 1. The zero-order chi connectivity index (χ0) is 27.2. The number of carbonyl (C=O) groups is 2. The average Bonchev–Trinajstić information content (AvgIpc) is 3.31. The lowest BCUT2D eigenvalue weighted by Crippen LogP contribution is -2.49. The van der Waals surface area contributed by atoms with Crippen LogP contribution < -0.4 is 5.63 Å². The number of piperidine rings is 1. The van der Waals surface area contributed by atoms with Gasteiger partial charge in [-0.15, -0.1) is 0 Å². The molecule has 0 atom stereocenters. The monoisotopic (exact) mass is 515 g/mol. The highest BCUT2D eigenvalue weighted by molar-refractivity contribution is 5.97. The quantitative estimate of drug-likeness (QED) is 0.341. The number of nitrogens with zero attached hydrogens (tertiary/aromatic N) is 1. The van der Waals surface area contributed by atoms with Gasteiger partial charge in [-0.2, -0.15) is 0 Å². The number of carbonyl (C=O) groups excluding carboxylic acids is 1. The number of amides is 1. The second-order valence-corrected chi connectivity index (χ2v) is 11.4. The van der Waals surface area contributed by atoms with Gasteiger partial charge in [0.1, 0.15) is 11.2 Å². The van der Waals surface area contributed by atoms with Crippen LogP contribution in [0.5, 0.6) is 0 Å². The van der Waals surface area contributed by atoms with Crippen LogP contribution in [0.1, 0.15) is 62.3 Å². The molecule has 0 aliphatic carbocycles. The summed E-state index contributed by atoms with van der Waals surface area (Å²) in [5.74, 6) is -0.946. The Bertz CT molecular complexity index is 1580. The van der Waals surface area contributed by atoms with E-state index < -0.39 is 17.0 Å². The molecule has 0 spiro atoms. The van der Waals surface area contributed by atoms with Gasteiger partial charge < -0.3 is 18.8 Å². The molecule has 0 saturated carbocycles. The van der Waals surface area contributed by atoms with Crippen molar-refractivity contribution in [2.24, 2.45) is 0 Å². The van der Waals surface area contributed by atoms with E-state index in [1.165, 1.54) is 0 Å². The van der Waals surface area contributed by atoms with Crippen LogP contribution in [-0.2, 0) is 26.8 Å². The second kappa shape index (κ2) is 9.46. The number of rotatable bonds is 5. The van der Waals surface area contributed by atoms with Crippen molar-refractivity contribution in [1.82, 2.24) is 4.90 Å². The van der Waals surface area contributed by atoms with Crippen LogP contribution in [0.2, 0.25) is 0 Å². The number of hydrogen-bond acceptors (Lipinski definition) is 5. The van der Waals surface area contributed by atoms with E-state index in [1.807, 2.05) is 43.3 Å². The van der Waals surface area contributed by atoms with Gasteiger partial charge in [-0.1, -0.05) is 51.1 Å². The normalized spacial score (nSPS) is 15.7. The Labute approximate surface area is 221 Å². The van der Waals surface area contributed by atoms with Crippen LogP contribution in [0.3, 0.4) is 0 Å². The molecule has 2 aromatic heterocycles. The van der Waals surface area contributed by atoms with Gasteiger partial charge in [-0.3, -0.25) is 9.59 Å². The van der Waals surface area contributed by atoms with Crippen LogP contribution in [-0.4, -0.2) is 35.0 Å². The third-order valence-corrected chi connectivity index (χ3v) is 8.08. The van der Waals surface area contributed by atoms with Crippen LogP contribution >= 0.6 is 0 Å². The molecule has 7 heteroatoms. The number of likely N-dealkylation sites (tertiary alicyclic amines) is 1. The number of carboxylic acids is 1. The molecular formula is C31H33NO6. The van der Waals surface area contributed by atoms with Gasteiger partial charge in [0.2, 0.25) is 5.91 Å². The van der Waals surface area contributed by atoms with Gasteiger partial charge in [-0.25, -0.2) is 4.79 Å². The molecule has 0 bridgehead atoms. The molecule has 0 unspecified atom stereocenters. The molecule has 0 radical (unpaired) electrons. The summed E-state index contributed by atoms with van der Waals surface area (Å²) in [5, 5.41) is 11.8. The topological polar surface area (TPSA) is 101 Å². The highest BCUT2D eigenvalue weighted by Crippen LogP contribution is 2.37. The first-order chi connectivity index (χ1) is 18.0. The highest BCUT2D eigenvalue weighted by atomic mass is 16.4. The van der Waals surface area contributed by atoms with Crippen molar-refractivity contribution >= 4 is 33.8 Å². The van der Waals surface area contributed by atoms with E-state index in [0.717, 1.165) is 27.5 Å². The lowest BCUT2D eigenvalue weighted by atomic mass is 9.73. The summed E-state index contributed by atoms with van der Waals surface area (Å²) in [5.41, 5.74) is 2.74. The summed E-state index contributed by atoms with van der Waals surface area (Å²) in [6.45, 7) is 8.98. The number of fused-ring (bicyclic) bond motifs is 2. The van der Waals surface area contributed by atoms with Crippen LogP contribution in [0.4, 0.5) is 0 Å². The fraction of sp³-hybridized carbons (Fsp3) is 0.387. The van der Waals surface area contributed by atoms with Gasteiger partial charge in [0, 0.05) is 47.5 Å². The number of benzene rings is 2. The summed E-state index contributed by atoms with van der Waals surface area (Å²) >= 11 is 0. The fourth-order valence-electron chi connectivity index (χ4n) is 5.69. The van der Waals surface area contributed by atoms with E-state index >= 15 is 0 Å². The van der Waals surface area contributed by atoms with Crippen molar-refractivity contribution in [3.63, 3.8) is 0 Å². The molecule has 5 rings (SSSR count). The van der Waals surface area contributed by atoms with Crippen molar-refractivity contribution in [2.45, 2.75) is 64.2 Å². The first-order valence-electron chi connectivity index (χ1n) is 13.1. The summed E-state index contributed by atoms with van der Waals surface area (Å²) in [7, 11) is 0. The van der Waals surface area contributed by atoms with E-state index in [2.05, 4.69) is 20.8 Å². The third-order valence-electron chi connectivity index (χ3n) is 8.08. The van der Waals surface area contributed by atoms with Crippen molar-refractivity contribution in [3.8, 4) is 0 Å². The molecule has 7 nitrogen and oxygen atoms in total. The Morgan fingerprint density at radius 3 is 2.34 bits per heavy atom. The van der Waals surface area contributed by atoms with Crippen molar-refractivity contribution in [3.05, 3.63) is 81.4 Å². The van der Waals surface area contributed by atoms with Crippen molar-refractivity contribution < 1.29 is 23.5 Å². The molecule has 1 fully saturated rings. The Hall–Kier alpha value is -3.87. The minimum Gasteiger partial charge on any atom is -0.481 e. The van der Waals surface area contributed by atoms with E-state index in [1.54, 1.807) is 17.2 Å². The van der Waals surface area contributed by atoms with Crippen molar-refractivity contribution in [2.75, 3.05) is 13.1 Å². The molecule has 2 aromatic carbocycles. The zero-order valence-electron chi connectivity index (χ0n) is 22.3. The molecule has 1 N–H and O–H groups in total. The number of aryl methyl sites for hydroxylation is 1. The molecule has 1 aliphatic heterocycles. The predicted molar refractivity (Wildman–Crippen MR) is 146 cm³/mol. The first-order valence-corrected chi connectivity index (χ1v) is 13.1. The predicted octanol–water partition coefficient (Wildman–Crippen LogP) is 5.72. The summed E-state index contributed by atoms with van der Waals surface area (Å²) in [6.07, 6.45) is 2.88. The maximum absolute atomic E-state index is 13.1. The number of carboxylic acid groups (broad SMARTS) is 1. The first kappa shape index (κ1) is 25.8. The Morgan fingerprint density at radius 1 is 1.03 bits per heavy atom. The standard InChI is InChI=1S/C31H33NO6/c1-19-21(28(34)38-26-17-25-23(16-22(19)26)24(18-37-25)30(2,3)4)10-11-27(33)32-14-12-31(13-15-32,29(35)36)20-8-6-5-7-9-20/h5-9,16-18H,10-15H2,1-4H3,(H,35,36). The lowest BCUT2D eigenvalue weighted by molar-refractivity contribution is -0.148. The van der Waals surface area contributed by atoms with Gasteiger partial charge >= 0.3 is 11.6 Å². The van der Waals surface area contributed by atoms with E-state index in [9.17, 15) is 19.5 Å². The molecule has 1 amide bonds. The third kappa shape index (κ3) is 4.40. The molecule has 3 heterocycles. The van der Waals surface area contributed by atoms with E-state index in [-0.39, 0.29) is 24.2 Å². The van der Waals surface area contributed by atoms with Gasteiger partial charge in [0.05, 0.1) is 11.7 Å². The smallest absolute Gasteiger partial charge is 0.339 e. The van der Waals surface area contributed by atoms with Crippen LogP contribution in [0, 0.1) is 6.92 Å². The largest absolute Gasteiger partial charge is 0.481 e. The van der Waals surface area contributed by atoms with Crippen molar-refractivity contribution in [1.29, 1.82) is 0 Å². The number of hydrogen-bond donors (Lipinski definition) is 1. The maximum atomic E-state index is 13.1. The lowest BCUT2D eigenvalue weighted by Gasteiger charge is -2.39. The highest BCUT2D eigenvalue weighted by Gasteiger charge is 2.43. The minimum atomic E-state index is -0.988. The average molecular weight is 516 g/mol. The summed E-state index contributed by atoms with van der Waals surface area (Å²) in [6, 6.07) is 13.0. The Balaban J connectivity index is 1.35. The fourth-order valence-corrected chi connectivity index (χ4v) is 5.69.